The number of nitrogens with two attached hydrogens (primary N) is 1. The summed E-state index contributed by atoms with van der Waals surface area (Å²) >= 11 is 0. The number of carboxylic acids is 1. The maximum atomic E-state index is 10.4. The summed E-state index contributed by atoms with van der Waals surface area (Å²) in [6.45, 7) is 0. The summed E-state index contributed by atoms with van der Waals surface area (Å²) < 4.78 is 0. The Kier molecular flexibility index (Phi) is 7.29. The maximum absolute atomic E-state index is 10.4. The molecule has 0 unspecified atom stereocenters. The Morgan fingerprint density at radius 1 is 0.857 bits per heavy atom. The van der Waals surface area contributed by atoms with Crippen LogP contribution in [0.5, 0.6) is 0 Å². The second kappa shape index (κ2) is 9.31. The van der Waals surface area contributed by atoms with E-state index >= 15 is 0 Å². The minimum atomic E-state index is -0.742. The van der Waals surface area contributed by atoms with Crippen molar-refractivity contribution < 1.29 is 14.7 Å². The Labute approximate surface area is 124 Å². The number of carbonyl (C=O) groups is 2. The van der Waals surface area contributed by atoms with Crippen LogP contribution in [0, 0.1) is 0 Å². The Morgan fingerprint density at radius 3 is 1.76 bits per heavy atom. The SMILES string of the molecule is NC(=O)Cc1ccccc1.O=C(O)CCc1ccccc1. The van der Waals surface area contributed by atoms with Crippen molar-refractivity contribution in [2.75, 3.05) is 0 Å². The van der Waals surface area contributed by atoms with Gasteiger partial charge in [-0.2, -0.15) is 0 Å². The monoisotopic (exact) mass is 285 g/mol. The van der Waals surface area contributed by atoms with E-state index in [1.54, 1.807) is 0 Å². The molecule has 1 amide bonds. The zero-order valence-corrected chi connectivity index (χ0v) is 11.7. The average Bonchev–Trinajstić information content (AvgIpc) is 2.47. The fraction of sp³-hybridized carbons (Fsp3) is 0.176. The van der Waals surface area contributed by atoms with Crippen LogP contribution in [-0.4, -0.2) is 17.0 Å². The zero-order chi connectivity index (χ0) is 15.5. The number of aliphatic carboxylic acids is 1. The molecule has 0 fully saturated rings. The lowest BCUT2D eigenvalue weighted by molar-refractivity contribution is -0.137. The van der Waals surface area contributed by atoms with E-state index in [9.17, 15) is 9.59 Å². The van der Waals surface area contributed by atoms with Crippen LogP contribution in [0.4, 0.5) is 0 Å². The molecule has 2 rings (SSSR count). The standard InChI is InChI=1S/C9H10O2.C8H9NO/c10-9(11)7-6-8-4-2-1-3-5-8;9-8(10)6-7-4-2-1-3-5-7/h1-5H,6-7H2,(H,10,11);1-5H,6H2,(H2,9,10). The van der Waals surface area contributed by atoms with Crippen molar-refractivity contribution in [2.45, 2.75) is 19.3 Å². The van der Waals surface area contributed by atoms with Crippen molar-refractivity contribution in [3.8, 4) is 0 Å². The van der Waals surface area contributed by atoms with Crippen LogP contribution in [-0.2, 0) is 22.4 Å². The van der Waals surface area contributed by atoms with E-state index < -0.39 is 5.97 Å². The molecule has 0 aromatic heterocycles. The summed E-state index contributed by atoms with van der Waals surface area (Å²) in [5.74, 6) is -1.03. The second-order valence-electron chi connectivity index (χ2n) is 4.51. The lowest BCUT2D eigenvalue weighted by Crippen LogP contribution is -2.13. The Morgan fingerprint density at radius 2 is 1.33 bits per heavy atom. The number of aryl methyl sites for hydroxylation is 1. The summed E-state index contributed by atoms with van der Waals surface area (Å²) in [5, 5.41) is 8.37. The molecule has 21 heavy (non-hydrogen) atoms. The molecule has 2 aromatic rings. The second-order valence-corrected chi connectivity index (χ2v) is 4.51. The maximum Gasteiger partial charge on any atom is 0.303 e. The smallest absolute Gasteiger partial charge is 0.303 e. The van der Waals surface area contributed by atoms with E-state index in [1.807, 2.05) is 60.7 Å². The van der Waals surface area contributed by atoms with Crippen LogP contribution < -0.4 is 5.73 Å². The lowest BCUT2D eigenvalue weighted by Gasteiger charge is -1.95. The molecule has 0 saturated heterocycles. The zero-order valence-electron chi connectivity index (χ0n) is 11.7. The highest BCUT2D eigenvalue weighted by molar-refractivity contribution is 5.76. The number of hydrogen-bond acceptors (Lipinski definition) is 2. The number of primary amides is 1. The van der Waals surface area contributed by atoms with Gasteiger partial charge in [0.15, 0.2) is 0 Å². The first-order valence-corrected chi connectivity index (χ1v) is 6.66. The van der Waals surface area contributed by atoms with Crippen molar-refractivity contribution in [3.63, 3.8) is 0 Å². The third kappa shape index (κ3) is 8.21. The molecule has 110 valence electrons. The topological polar surface area (TPSA) is 80.4 Å². The number of hydrogen-bond donors (Lipinski definition) is 2. The Hall–Kier alpha value is -2.62. The molecule has 2 aromatic carbocycles. The molecule has 0 aliphatic rings. The molecule has 0 radical (unpaired) electrons. The molecule has 0 atom stereocenters. The molecule has 0 aliphatic heterocycles. The first kappa shape index (κ1) is 16.4. The van der Waals surface area contributed by atoms with Gasteiger partial charge in [-0.05, 0) is 17.5 Å². The quantitative estimate of drug-likeness (QED) is 0.885. The molecule has 0 bridgehead atoms. The van der Waals surface area contributed by atoms with Crippen LogP contribution in [0.3, 0.4) is 0 Å². The van der Waals surface area contributed by atoms with Gasteiger partial charge in [-0.3, -0.25) is 9.59 Å². The van der Waals surface area contributed by atoms with E-state index in [1.165, 1.54) is 0 Å². The first-order valence-electron chi connectivity index (χ1n) is 6.66. The highest BCUT2D eigenvalue weighted by atomic mass is 16.4. The number of carboxylic acid groups (broad SMARTS) is 1. The third-order valence-electron chi connectivity index (χ3n) is 2.69. The summed E-state index contributed by atoms with van der Waals surface area (Å²) in [6, 6.07) is 19.1. The van der Waals surface area contributed by atoms with Gasteiger partial charge >= 0.3 is 5.97 Å². The van der Waals surface area contributed by atoms with E-state index in [0.29, 0.717) is 12.8 Å². The largest absolute Gasteiger partial charge is 0.481 e. The molecule has 0 heterocycles. The summed E-state index contributed by atoms with van der Waals surface area (Å²) in [6.07, 6.45) is 1.17. The van der Waals surface area contributed by atoms with Crippen molar-refractivity contribution in [2.24, 2.45) is 5.73 Å². The van der Waals surface area contributed by atoms with E-state index in [4.69, 9.17) is 10.8 Å². The van der Waals surface area contributed by atoms with Crippen molar-refractivity contribution in [1.29, 1.82) is 0 Å². The lowest BCUT2D eigenvalue weighted by atomic mass is 10.1. The number of benzene rings is 2. The van der Waals surface area contributed by atoms with Gasteiger partial charge in [-0.1, -0.05) is 60.7 Å². The first-order chi connectivity index (χ1) is 10.1. The van der Waals surface area contributed by atoms with Gasteiger partial charge in [-0.15, -0.1) is 0 Å². The van der Waals surface area contributed by atoms with Gasteiger partial charge in [-0.25, -0.2) is 0 Å². The number of amides is 1. The number of carbonyl (C=O) groups excluding carboxylic acids is 1. The van der Waals surface area contributed by atoms with E-state index in [-0.39, 0.29) is 12.3 Å². The molecule has 4 heteroatoms. The predicted octanol–water partition coefficient (Wildman–Crippen LogP) is 2.42. The molecule has 0 spiro atoms. The molecular formula is C17H19NO3. The normalized spacial score (nSPS) is 9.33. The third-order valence-corrected chi connectivity index (χ3v) is 2.69. The van der Waals surface area contributed by atoms with Crippen LogP contribution in [0.25, 0.3) is 0 Å². The van der Waals surface area contributed by atoms with Gasteiger partial charge in [0.05, 0.1) is 6.42 Å². The molecular weight excluding hydrogens is 266 g/mol. The fourth-order valence-corrected chi connectivity index (χ4v) is 1.69. The van der Waals surface area contributed by atoms with Gasteiger partial charge in [0, 0.05) is 6.42 Å². The average molecular weight is 285 g/mol. The van der Waals surface area contributed by atoms with Crippen molar-refractivity contribution in [3.05, 3.63) is 71.8 Å². The molecule has 3 N–H and O–H groups in total. The minimum Gasteiger partial charge on any atom is -0.481 e. The Balaban J connectivity index is 0.000000211. The molecule has 0 aliphatic carbocycles. The summed E-state index contributed by atoms with van der Waals surface area (Å²) in [7, 11) is 0. The predicted molar refractivity (Wildman–Crippen MR) is 81.7 cm³/mol. The minimum absolute atomic E-state index is 0.212. The van der Waals surface area contributed by atoms with Gasteiger partial charge in [0.2, 0.25) is 5.91 Å². The summed E-state index contributed by atoms with van der Waals surface area (Å²) in [4.78, 5) is 20.6. The van der Waals surface area contributed by atoms with Crippen LogP contribution >= 0.6 is 0 Å². The fourth-order valence-electron chi connectivity index (χ4n) is 1.69. The highest BCUT2D eigenvalue weighted by Crippen LogP contribution is 2.01. The van der Waals surface area contributed by atoms with Crippen LogP contribution in [0.1, 0.15) is 17.5 Å². The highest BCUT2D eigenvalue weighted by Gasteiger charge is 1.96. The Bertz CT molecular complexity index is 553. The molecule has 4 nitrogen and oxygen atoms in total. The van der Waals surface area contributed by atoms with Crippen LogP contribution in [0.2, 0.25) is 0 Å². The van der Waals surface area contributed by atoms with E-state index in [2.05, 4.69) is 0 Å². The summed E-state index contributed by atoms with van der Waals surface area (Å²) in [5.41, 5.74) is 7.03. The van der Waals surface area contributed by atoms with Gasteiger partial charge in [0.25, 0.3) is 0 Å². The number of rotatable bonds is 5. The molecule has 0 saturated carbocycles. The van der Waals surface area contributed by atoms with E-state index in [0.717, 1.165) is 11.1 Å². The van der Waals surface area contributed by atoms with Gasteiger partial charge < -0.3 is 10.8 Å². The van der Waals surface area contributed by atoms with Crippen LogP contribution in [0.15, 0.2) is 60.7 Å². The van der Waals surface area contributed by atoms with Gasteiger partial charge in [0.1, 0.15) is 0 Å². The van der Waals surface area contributed by atoms with Crippen molar-refractivity contribution >= 4 is 11.9 Å². The van der Waals surface area contributed by atoms with Crippen molar-refractivity contribution in [1.82, 2.24) is 0 Å².